The molecule has 0 radical (unpaired) electrons. The maximum atomic E-state index is 13.0. The molecular weight excluding hydrogens is 170 g/mol. The number of terminal acetylenes is 1. The Balaban J connectivity index is 3.77. The molecule has 0 unspecified atom stereocenters. The van der Waals surface area contributed by atoms with Gasteiger partial charge in [-0.2, -0.15) is 0 Å². The van der Waals surface area contributed by atoms with Crippen molar-refractivity contribution in [3.8, 4) is 12.3 Å². The number of rotatable bonds is 6. The average Bonchev–Trinajstić information content (AvgIpc) is 2.11. The minimum Gasteiger partial charge on any atom is -0.201 e. The van der Waals surface area contributed by atoms with Gasteiger partial charge < -0.3 is 0 Å². The van der Waals surface area contributed by atoms with Gasteiger partial charge >= 0.3 is 0 Å². The molecule has 0 aliphatic carbocycles. The van der Waals surface area contributed by atoms with Gasteiger partial charge in [-0.05, 0) is 6.42 Å². The fourth-order valence-electron chi connectivity index (χ4n) is 1.03. The largest absolute Gasteiger partial charge is 0.280 e. The van der Waals surface area contributed by atoms with Gasteiger partial charge in [-0.3, -0.25) is 0 Å². The van der Waals surface area contributed by atoms with E-state index in [4.69, 9.17) is 6.42 Å². The maximum Gasteiger partial charge on any atom is 0.280 e. The zero-order chi connectivity index (χ0) is 10.3. The molecule has 74 valence electrons. The monoisotopic (exact) mass is 186 g/mol. The molecule has 0 amide bonds. The van der Waals surface area contributed by atoms with Crippen LogP contribution in [0.25, 0.3) is 0 Å². The fraction of sp³-hybridized carbons (Fsp3) is 0.636. The molecule has 0 fully saturated rings. The number of allylic oxidation sites excluding steroid dienone is 1. The highest BCUT2D eigenvalue weighted by atomic mass is 19.3. The molecule has 0 spiro atoms. The van der Waals surface area contributed by atoms with Gasteiger partial charge in [0.1, 0.15) is 0 Å². The van der Waals surface area contributed by atoms with E-state index in [0.29, 0.717) is 6.42 Å². The van der Waals surface area contributed by atoms with Crippen LogP contribution < -0.4 is 0 Å². The Kier molecular flexibility index (Phi) is 5.37. The van der Waals surface area contributed by atoms with Crippen LogP contribution in [0, 0.1) is 12.3 Å². The van der Waals surface area contributed by atoms with Gasteiger partial charge in [0, 0.05) is 6.42 Å². The second-order valence-corrected chi connectivity index (χ2v) is 3.14. The first kappa shape index (κ1) is 12.2. The van der Waals surface area contributed by atoms with Crippen LogP contribution in [0.1, 0.15) is 39.0 Å². The molecule has 0 aromatic rings. The lowest BCUT2D eigenvalue weighted by molar-refractivity contribution is 0.0350. The fourth-order valence-corrected chi connectivity index (χ4v) is 1.03. The average molecular weight is 186 g/mol. The lowest BCUT2D eigenvalue weighted by Gasteiger charge is -2.14. The molecule has 0 heterocycles. The van der Waals surface area contributed by atoms with Crippen LogP contribution >= 0.6 is 0 Å². The summed E-state index contributed by atoms with van der Waals surface area (Å²) < 4.78 is 26.0. The number of alkyl halides is 2. The minimum absolute atomic E-state index is 0.171. The smallest absolute Gasteiger partial charge is 0.201 e. The first-order chi connectivity index (χ1) is 6.04. The molecule has 0 nitrogen and oxygen atoms in total. The molecule has 0 saturated heterocycles. The van der Waals surface area contributed by atoms with Gasteiger partial charge in [0.15, 0.2) is 0 Å². The number of unbranched alkanes of at least 4 members (excludes halogenated alkanes) is 3. The second kappa shape index (κ2) is 5.75. The van der Waals surface area contributed by atoms with E-state index in [9.17, 15) is 8.78 Å². The molecular formula is C11H16F2. The van der Waals surface area contributed by atoms with E-state index in [0.717, 1.165) is 19.3 Å². The Bertz CT molecular complexity index is 199. The highest BCUT2D eigenvalue weighted by Gasteiger charge is 2.30. The summed E-state index contributed by atoms with van der Waals surface area (Å²) in [7, 11) is 0. The zero-order valence-electron chi connectivity index (χ0n) is 8.08. The van der Waals surface area contributed by atoms with Crippen LogP contribution in [0.2, 0.25) is 0 Å². The molecule has 0 aromatic heterocycles. The summed E-state index contributed by atoms with van der Waals surface area (Å²) in [6.45, 7) is 5.20. The van der Waals surface area contributed by atoms with E-state index in [1.165, 1.54) is 0 Å². The highest BCUT2D eigenvalue weighted by molar-refractivity contribution is 5.28. The Morgan fingerprint density at radius 1 is 1.38 bits per heavy atom. The van der Waals surface area contributed by atoms with Crippen molar-refractivity contribution in [2.75, 3.05) is 0 Å². The Hall–Kier alpha value is -0.840. The van der Waals surface area contributed by atoms with Crippen molar-refractivity contribution < 1.29 is 8.78 Å². The van der Waals surface area contributed by atoms with E-state index in [1.54, 1.807) is 0 Å². The number of hydrogen-bond acceptors (Lipinski definition) is 0. The Morgan fingerprint density at radius 3 is 2.46 bits per heavy atom. The van der Waals surface area contributed by atoms with Crippen molar-refractivity contribution in [2.24, 2.45) is 0 Å². The molecule has 0 aliphatic rings. The molecule has 0 aliphatic heterocycles. The van der Waals surface area contributed by atoms with Crippen LogP contribution in [0.3, 0.4) is 0 Å². The van der Waals surface area contributed by atoms with Gasteiger partial charge in [0.2, 0.25) is 0 Å². The summed E-state index contributed by atoms with van der Waals surface area (Å²) in [6.07, 6.45) is 8.08. The van der Waals surface area contributed by atoms with Crippen molar-refractivity contribution in [1.29, 1.82) is 0 Å². The topological polar surface area (TPSA) is 0 Å². The molecule has 2 heteroatoms. The van der Waals surface area contributed by atoms with Crippen LogP contribution in [0.15, 0.2) is 12.2 Å². The van der Waals surface area contributed by atoms with Crippen molar-refractivity contribution in [3.05, 3.63) is 12.2 Å². The molecule has 0 atom stereocenters. The maximum absolute atomic E-state index is 13.0. The van der Waals surface area contributed by atoms with Gasteiger partial charge in [0.05, 0.1) is 5.57 Å². The van der Waals surface area contributed by atoms with Crippen LogP contribution in [-0.2, 0) is 0 Å². The molecule has 0 N–H and O–H groups in total. The lowest BCUT2D eigenvalue weighted by atomic mass is 10.0. The molecule has 13 heavy (non-hydrogen) atoms. The minimum atomic E-state index is -2.87. The summed E-state index contributed by atoms with van der Waals surface area (Å²) >= 11 is 0. The third kappa shape index (κ3) is 4.67. The molecule has 0 bridgehead atoms. The highest BCUT2D eigenvalue weighted by Crippen LogP contribution is 2.28. The number of hydrogen-bond donors (Lipinski definition) is 0. The predicted octanol–water partition coefficient (Wildman–Crippen LogP) is 3.78. The van der Waals surface area contributed by atoms with Crippen molar-refractivity contribution in [2.45, 2.75) is 45.0 Å². The summed E-state index contributed by atoms with van der Waals surface area (Å²) in [6, 6.07) is 0. The van der Waals surface area contributed by atoms with Gasteiger partial charge in [-0.25, -0.2) is 8.78 Å². The first-order valence-electron chi connectivity index (χ1n) is 4.58. The molecule has 0 saturated carbocycles. The van der Waals surface area contributed by atoms with Crippen LogP contribution in [-0.4, -0.2) is 5.92 Å². The van der Waals surface area contributed by atoms with Crippen LogP contribution in [0.5, 0.6) is 0 Å². The summed E-state index contributed by atoms with van der Waals surface area (Å²) in [4.78, 5) is 0. The third-order valence-corrected chi connectivity index (χ3v) is 1.96. The van der Waals surface area contributed by atoms with Crippen molar-refractivity contribution in [3.63, 3.8) is 0 Å². The summed E-state index contributed by atoms with van der Waals surface area (Å²) in [5, 5.41) is 0. The lowest BCUT2D eigenvalue weighted by Crippen LogP contribution is -2.17. The summed E-state index contributed by atoms with van der Waals surface area (Å²) in [5.74, 6) is -0.971. The first-order valence-corrected chi connectivity index (χ1v) is 4.58. The predicted molar refractivity (Wildman–Crippen MR) is 51.7 cm³/mol. The van der Waals surface area contributed by atoms with E-state index in [2.05, 4.69) is 6.58 Å². The van der Waals surface area contributed by atoms with Gasteiger partial charge in [-0.15, -0.1) is 6.42 Å². The SMILES string of the molecule is C#CC(=C)C(F)(F)CCCCCC. The number of halogens is 2. The zero-order valence-corrected chi connectivity index (χ0v) is 8.08. The second-order valence-electron chi connectivity index (χ2n) is 3.14. The quantitative estimate of drug-likeness (QED) is 0.437. The Morgan fingerprint density at radius 2 is 2.00 bits per heavy atom. The van der Waals surface area contributed by atoms with Crippen LogP contribution in [0.4, 0.5) is 8.78 Å². The third-order valence-electron chi connectivity index (χ3n) is 1.96. The van der Waals surface area contributed by atoms with Gasteiger partial charge in [-0.1, -0.05) is 38.7 Å². The Labute approximate surface area is 79.0 Å². The van der Waals surface area contributed by atoms with E-state index in [1.807, 2.05) is 12.8 Å². The van der Waals surface area contributed by atoms with Crippen molar-refractivity contribution in [1.82, 2.24) is 0 Å². The van der Waals surface area contributed by atoms with E-state index >= 15 is 0 Å². The van der Waals surface area contributed by atoms with E-state index in [-0.39, 0.29) is 6.42 Å². The normalized spacial score (nSPS) is 10.9. The van der Waals surface area contributed by atoms with Gasteiger partial charge in [0.25, 0.3) is 5.92 Å². The molecule has 0 rings (SSSR count). The van der Waals surface area contributed by atoms with Crippen molar-refractivity contribution >= 4 is 0 Å². The standard InChI is InChI=1S/C11H16F2/c1-4-6-7-8-9-11(12,13)10(3)5-2/h2H,3-4,6-9H2,1H3. The van der Waals surface area contributed by atoms with E-state index < -0.39 is 11.5 Å². The summed E-state index contributed by atoms with van der Waals surface area (Å²) in [5.41, 5.74) is -0.399. The molecule has 0 aromatic carbocycles.